The Morgan fingerprint density at radius 3 is 2.00 bits per heavy atom. The molecular weight excluding hydrogens is 94.1 g/mol. The molecule has 0 spiro atoms. The summed E-state index contributed by atoms with van der Waals surface area (Å²) in [6.07, 6.45) is 2.39. The van der Waals surface area contributed by atoms with Crippen molar-refractivity contribution in [1.82, 2.24) is 0 Å². The van der Waals surface area contributed by atoms with Crippen LogP contribution in [0.25, 0.3) is 0 Å². The Bertz CT molecular complexity index is 47.5. The third-order valence-corrected chi connectivity index (χ3v) is 1.93. The monoisotopic (exact) mass is 103 g/mol. The van der Waals surface area contributed by atoms with Crippen LogP contribution in [0.2, 0.25) is 0 Å². The van der Waals surface area contributed by atoms with E-state index >= 15 is 0 Å². The molecule has 1 nitrogen and oxygen atoms in total. The van der Waals surface area contributed by atoms with Gasteiger partial charge in [-0.05, 0) is 12.8 Å². The lowest BCUT2D eigenvalue weighted by Gasteiger charge is -2.28. The van der Waals surface area contributed by atoms with Crippen molar-refractivity contribution in [3.05, 3.63) is 0 Å². The summed E-state index contributed by atoms with van der Waals surface area (Å²) < 4.78 is 0. The standard InChI is InChI=1S/C4H9NS/c5-3-1-2-4(3)6/h3-4,6H,1-2,5H2/t3-,4-/m0/s1. The summed E-state index contributed by atoms with van der Waals surface area (Å²) in [7, 11) is 0. The van der Waals surface area contributed by atoms with Crippen molar-refractivity contribution in [2.24, 2.45) is 5.73 Å². The zero-order chi connectivity index (χ0) is 4.57. The van der Waals surface area contributed by atoms with Crippen molar-refractivity contribution >= 4 is 12.6 Å². The van der Waals surface area contributed by atoms with E-state index in [2.05, 4.69) is 12.6 Å². The topological polar surface area (TPSA) is 26.0 Å². The highest BCUT2D eigenvalue weighted by atomic mass is 32.1. The fourth-order valence-electron chi connectivity index (χ4n) is 0.508. The molecule has 1 rings (SSSR count). The van der Waals surface area contributed by atoms with Gasteiger partial charge >= 0.3 is 0 Å². The van der Waals surface area contributed by atoms with E-state index in [4.69, 9.17) is 5.73 Å². The molecule has 1 saturated carbocycles. The van der Waals surface area contributed by atoms with Crippen LogP contribution in [-0.2, 0) is 0 Å². The highest BCUT2D eigenvalue weighted by Crippen LogP contribution is 2.22. The Labute approximate surface area is 43.3 Å². The molecule has 2 heteroatoms. The van der Waals surface area contributed by atoms with Gasteiger partial charge in [0.2, 0.25) is 0 Å². The Kier molecular flexibility index (Phi) is 1.06. The Morgan fingerprint density at radius 2 is 2.00 bits per heavy atom. The number of thiol groups is 1. The van der Waals surface area contributed by atoms with Gasteiger partial charge in [-0.1, -0.05) is 0 Å². The molecule has 6 heavy (non-hydrogen) atoms. The molecule has 0 radical (unpaired) electrons. The second-order valence-corrected chi connectivity index (χ2v) is 2.47. The maximum atomic E-state index is 5.45. The molecule has 2 N–H and O–H groups in total. The maximum Gasteiger partial charge on any atom is 0.0169 e. The fourth-order valence-corrected chi connectivity index (χ4v) is 0.806. The minimum atomic E-state index is 0.397. The smallest absolute Gasteiger partial charge is 0.0169 e. The molecular formula is C4H9NS. The van der Waals surface area contributed by atoms with Crippen LogP contribution in [0.5, 0.6) is 0 Å². The molecule has 1 fully saturated rings. The van der Waals surface area contributed by atoms with Crippen LogP contribution in [0.4, 0.5) is 0 Å². The normalized spacial score (nSPS) is 45.0. The van der Waals surface area contributed by atoms with Gasteiger partial charge < -0.3 is 5.73 Å². The average Bonchev–Trinajstić information content (AvgIpc) is 1.61. The third kappa shape index (κ3) is 0.545. The van der Waals surface area contributed by atoms with E-state index in [1.54, 1.807) is 0 Å². The minimum Gasteiger partial charge on any atom is -0.327 e. The Morgan fingerprint density at radius 1 is 1.50 bits per heavy atom. The summed E-state index contributed by atoms with van der Waals surface area (Å²) >= 11 is 4.15. The molecule has 0 saturated heterocycles. The molecule has 0 unspecified atom stereocenters. The Hall–Kier alpha value is 0.310. The highest BCUT2D eigenvalue weighted by molar-refractivity contribution is 7.81. The molecule has 0 aliphatic heterocycles. The quantitative estimate of drug-likeness (QED) is 0.427. The fraction of sp³-hybridized carbons (Fsp3) is 1.00. The largest absolute Gasteiger partial charge is 0.327 e. The first-order valence-corrected chi connectivity index (χ1v) is 2.76. The van der Waals surface area contributed by atoms with E-state index in [0.29, 0.717) is 11.3 Å². The number of nitrogens with two attached hydrogens (primary N) is 1. The Balaban J connectivity index is 2.20. The minimum absolute atomic E-state index is 0.397. The zero-order valence-corrected chi connectivity index (χ0v) is 4.49. The van der Waals surface area contributed by atoms with Gasteiger partial charge in [-0.3, -0.25) is 0 Å². The number of hydrogen-bond acceptors (Lipinski definition) is 2. The summed E-state index contributed by atoms with van der Waals surface area (Å²) in [5.74, 6) is 0. The van der Waals surface area contributed by atoms with Crippen LogP contribution in [0.3, 0.4) is 0 Å². The molecule has 1 aliphatic carbocycles. The molecule has 0 aromatic rings. The molecule has 2 atom stereocenters. The van der Waals surface area contributed by atoms with E-state index in [9.17, 15) is 0 Å². The molecule has 0 amide bonds. The predicted molar refractivity (Wildman–Crippen MR) is 30.0 cm³/mol. The molecule has 0 aromatic heterocycles. The summed E-state index contributed by atoms with van der Waals surface area (Å²) in [4.78, 5) is 0. The van der Waals surface area contributed by atoms with E-state index in [1.807, 2.05) is 0 Å². The van der Waals surface area contributed by atoms with E-state index in [0.717, 1.165) is 0 Å². The SMILES string of the molecule is N[C@H]1CC[C@@H]1S. The van der Waals surface area contributed by atoms with Crippen LogP contribution in [0.15, 0.2) is 0 Å². The lowest BCUT2D eigenvalue weighted by molar-refractivity contribution is 0.436. The van der Waals surface area contributed by atoms with Crippen LogP contribution < -0.4 is 5.73 Å². The van der Waals surface area contributed by atoms with E-state index < -0.39 is 0 Å². The summed E-state index contributed by atoms with van der Waals surface area (Å²) in [5.41, 5.74) is 5.45. The van der Waals surface area contributed by atoms with Crippen LogP contribution in [0, 0.1) is 0 Å². The average molecular weight is 103 g/mol. The van der Waals surface area contributed by atoms with Crippen molar-refractivity contribution in [3.63, 3.8) is 0 Å². The molecule has 0 heterocycles. The summed E-state index contributed by atoms with van der Waals surface area (Å²) in [6, 6.07) is 0.397. The van der Waals surface area contributed by atoms with Crippen LogP contribution >= 0.6 is 12.6 Å². The van der Waals surface area contributed by atoms with Crippen LogP contribution in [0.1, 0.15) is 12.8 Å². The second kappa shape index (κ2) is 1.43. The zero-order valence-electron chi connectivity index (χ0n) is 3.59. The number of rotatable bonds is 0. The van der Waals surface area contributed by atoms with Gasteiger partial charge in [-0.25, -0.2) is 0 Å². The van der Waals surface area contributed by atoms with Crippen molar-refractivity contribution in [2.45, 2.75) is 24.1 Å². The number of hydrogen-bond donors (Lipinski definition) is 2. The molecule has 0 aromatic carbocycles. The van der Waals surface area contributed by atoms with Gasteiger partial charge in [0.05, 0.1) is 0 Å². The third-order valence-electron chi connectivity index (χ3n) is 1.29. The van der Waals surface area contributed by atoms with E-state index in [1.165, 1.54) is 12.8 Å². The van der Waals surface area contributed by atoms with Gasteiger partial charge in [0.15, 0.2) is 0 Å². The van der Waals surface area contributed by atoms with Crippen molar-refractivity contribution in [2.75, 3.05) is 0 Å². The lowest BCUT2D eigenvalue weighted by Crippen LogP contribution is -2.40. The molecule has 1 aliphatic rings. The summed E-state index contributed by atoms with van der Waals surface area (Å²) in [6.45, 7) is 0. The highest BCUT2D eigenvalue weighted by Gasteiger charge is 2.22. The first kappa shape index (κ1) is 4.47. The predicted octanol–water partition coefficient (Wildman–Crippen LogP) is 0.406. The maximum absolute atomic E-state index is 5.45. The lowest BCUT2D eigenvalue weighted by atomic mass is 9.93. The van der Waals surface area contributed by atoms with Crippen molar-refractivity contribution in [3.8, 4) is 0 Å². The van der Waals surface area contributed by atoms with Gasteiger partial charge in [-0.15, -0.1) is 0 Å². The second-order valence-electron chi connectivity index (χ2n) is 1.81. The first-order valence-electron chi connectivity index (χ1n) is 2.24. The van der Waals surface area contributed by atoms with Crippen molar-refractivity contribution < 1.29 is 0 Å². The van der Waals surface area contributed by atoms with E-state index in [-0.39, 0.29) is 0 Å². The van der Waals surface area contributed by atoms with Crippen LogP contribution in [-0.4, -0.2) is 11.3 Å². The van der Waals surface area contributed by atoms with Gasteiger partial charge in [-0.2, -0.15) is 12.6 Å². The molecule has 36 valence electrons. The molecule has 0 bridgehead atoms. The van der Waals surface area contributed by atoms with Crippen molar-refractivity contribution in [1.29, 1.82) is 0 Å². The van der Waals surface area contributed by atoms with Gasteiger partial charge in [0.1, 0.15) is 0 Å². The van der Waals surface area contributed by atoms with Gasteiger partial charge in [0, 0.05) is 11.3 Å². The first-order chi connectivity index (χ1) is 2.80. The van der Waals surface area contributed by atoms with Gasteiger partial charge in [0.25, 0.3) is 0 Å². The summed E-state index contributed by atoms with van der Waals surface area (Å²) in [5, 5.41) is 0.505.